The van der Waals surface area contributed by atoms with Crippen LogP contribution in [0.1, 0.15) is 45.6 Å². The standard InChI is InChI=1S/C17H24N2O3/c1-16(2,3)22-15(20)19-10-7-17(8-11-19)6-4-13-12-18-9-5-14(13)21-17/h5,9,12H,4,6-8,10-11H2,1-3H3. The molecule has 2 aliphatic heterocycles. The van der Waals surface area contributed by atoms with Crippen molar-refractivity contribution in [3.8, 4) is 5.75 Å². The zero-order chi connectivity index (χ0) is 15.8. The van der Waals surface area contributed by atoms with Gasteiger partial charge in [-0.3, -0.25) is 4.98 Å². The summed E-state index contributed by atoms with van der Waals surface area (Å²) in [6.45, 7) is 7.06. The third-order valence-corrected chi connectivity index (χ3v) is 4.36. The van der Waals surface area contributed by atoms with Crippen molar-refractivity contribution in [2.45, 2.75) is 57.7 Å². The molecule has 0 atom stereocenters. The van der Waals surface area contributed by atoms with Gasteiger partial charge in [-0.2, -0.15) is 0 Å². The van der Waals surface area contributed by atoms with Crippen LogP contribution >= 0.6 is 0 Å². The molecule has 0 bridgehead atoms. The van der Waals surface area contributed by atoms with Crippen LogP contribution in [-0.2, 0) is 11.2 Å². The van der Waals surface area contributed by atoms with Crippen molar-refractivity contribution in [3.05, 3.63) is 24.0 Å². The van der Waals surface area contributed by atoms with Gasteiger partial charge in [0.15, 0.2) is 0 Å². The number of pyridine rings is 1. The van der Waals surface area contributed by atoms with Gasteiger partial charge >= 0.3 is 6.09 Å². The van der Waals surface area contributed by atoms with Gasteiger partial charge in [-0.25, -0.2) is 4.79 Å². The van der Waals surface area contributed by atoms with Crippen molar-refractivity contribution in [2.75, 3.05) is 13.1 Å². The molecule has 1 fully saturated rings. The first-order chi connectivity index (χ1) is 10.4. The Labute approximate surface area is 131 Å². The van der Waals surface area contributed by atoms with E-state index < -0.39 is 5.60 Å². The average Bonchev–Trinajstić information content (AvgIpc) is 2.46. The molecule has 2 aliphatic rings. The molecule has 0 saturated carbocycles. The fraction of sp³-hybridized carbons (Fsp3) is 0.647. The number of carbonyl (C=O) groups excluding carboxylic acids is 1. The van der Waals surface area contributed by atoms with Crippen LogP contribution in [-0.4, -0.2) is 40.3 Å². The number of hydrogen-bond acceptors (Lipinski definition) is 4. The minimum atomic E-state index is -0.445. The molecule has 0 unspecified atom stereocenters. The number of carbonyl (C=O) groups is 1. The smallest absolute Gasteiger partial charge is 0.410 e. The summed E-state index contributed by atoms with van der Waals surface area (Å²) in [4.78, 5) is 18.1. The SMILES string of the molecule is CC(C)(C)OC(=O)N1CCC2(CCc3cnccc3O2)CC1. The number of piperidine rings is 1. The zero-order valence-corrected chi connectivity index (χ0v) is 13.6. The normalized spacial score (nSPS) is 20.2. The van der Waals surface area contributed by atoms with Crippen molar-refractivity contribution in [2.24, 2.45) is 0 Å². The molecule has 5 heteroatoms. The molecule has 120 valence electrons. The molecule has 1 amide bonds. The van der Waals surface area contributed by atoms with Gasteiger partial charge in [-0.15, -0.1) is 0 Å². The number of amides is 1. The Morgan fingerprint density at radius 2 is 2.05 bits per heavy atom. The van der Waals surface area contributed by atoms with E-state index in [1.165, 1.54) is 5.56 Å². The average molecular weight is 304 g/mol. The minimum Gasteiger partial charge on any atom is -0.487 e. The van der Waals surface area contributed by atoms with E-state index in [1.54, 1.807) is 11.1 Å². The van der Waals surface area contributed by atoms with E-state index in [9.17, 15) is 4.79 Å². The van der Waals surface area contributed by atoms with Gasteiger partial charge in [0.1, 0.15) is 17.0 Å². The fourth-order valence-electron chi connectivity index (χ4n) is 3.12. The molecule has 1 saturated heterocycles. The van der Waals surface area contributed by atoms with Crippen LogP contribution in [0.15, 0.2) is 18.5 Å². The summed E-state index contributed by atoms with van der Waals surface area (Å²) in [6, 6.07) is 1.94. The molecule has 3 heterocycles. The van der Waals surface area contributed by atoms with Crippen molar-refractivity contribution in [3.63, 3.8) is 0 Å². The first-order valence-corrected chi connectivity index (χ1v) is 7.97. The number of likely N-dealkylation sites (tertiary alicyclic amines) is 1. The fourth-order valence-corrected chi connectivity index (χ4v) is 3.12. The molecular formula is C17H24N2O3. The first kappa shape index (κ1) is 15.1. The van der Waals surface area contributed by atoms with Gasteiger partial charge < -0.3 is 14.4 Å². The molecule has 1 spiro atoms. The summed E-state index contributed by atoms with van der Waals surface area (Å²) in [6.07, 6.45) is 7.14. The maximum absolute atomic E-state index is 12.1. The largest absolute Gasteiger partial charge is 0.487 e. The number of aryl methyl sites for hydroxylation is 1. The lowest BCUT2D eigenvalue weighted by molar-refractivity contribution is -0.0273. The highest BCUT2D eigenvalue weighted by Gasteiger charge is 2.41. The second-order valence-electron chi connectivity index (χ2n) is 7.24. The molecule has 3 rings (SSSR count). The monoisotopic (exact) mass is 304 g/mol. The van der Waals surface area contributed by atoms with E-state index in [2.05, 4.69) is 4.98 Å². The summed E-state index contributed by atoms with van der Waals surface area (Å²) in [5.74, 6) is 0.951. The van der Waals surface area contributed by atoms with E-state index in [0.717, 1.165) is 31.4 Å². The van der Waals surface area contributed by atoms with Gasteiger partial charge in [-0.1, -0.05) is 0 Å². The predicted molar refractivity (Wildman–Crippen MR) is 83.0 cm³/mol. The highest BCUT2D eigenvalue weighted by atomic mass is 16.6. The zero-order valence-electron chi connectivity index (χ0n) is 13.6. The lowest BCUT2D eigenvalue weighted by Crippen LogP contribution is -2.52. The van der Waals surface area contributed by atoms with Crippen molar-refractivity contribution < 1.29 is 14.3 Å². The number of fused-ring (bicyclic) bond motifs is 1. The van der Waals surface area contributed by atoms with Crippen LogP contribution in [0.3, 0.4) is 0 Å². The number of aromatic nitrogens is 1. The maximum atomic E-state index is 12.1. The van der Waals surface area contributed by atoms with Crippen LogP contribution in [0.2, 0.25) is 0 Å². The number of nitrogens with zero attached hydrogens (tertiary/aromatic N) is 2. The summed E-state index contributed by atoms with van der Waals surface area (Å²) >= 11 is 0. The maximum Gasteiger partial charge on any atom is 0.410 e. The van der Waals surface area contributed by atoms with Crippen LogP contribution in [0.4, 0.5) is 4.79 Å². The highest BCUT2D eigenvalue weighted by molar-refractivity contribution is 5.68. The Kier molecular flexibility index (Phi) is 3.75. The first-order valence-electron chi connectivity index (χ1n) is 7.97. The summed E-state index contributed by atoms with van der Waals surface area (Å²) in [5, 5.41) is 0. The third kappa shape index (κ3) is 3.18. The van der Waals surface area contributed by atoms with Crippen molar-refractivity contribution >= 4 is 6.09 Å². The van der Waals surface area contributed by atoms with Gasteiger partial charge in [0.05, 0.1) is 0 Å². The number of hydrogen-bond donors (Lipinski definition) is 0. The van der Waals surface area contributed by atoms with Gasteiger partial charge in [0.25, 0.3) is 0 Å². The summed E-state index contributed by atoms with van der Waals surface area (Å²) in [7, 11) is 0. The topological polar surface area (TPSA) is 51.7 Å². The van der Waals surface area contributed by atoms with Crippen LogP contribution in [0, 0.1) is 0 Å². The Balaban J connectivity index is 1.62. The second kappa shape index (κ2) is 5.45. The van der Waals surface area contributed by atoms with E-state index in [1.807, 2.05) is 33.0 Å². The molecule has 0 N–H and O–H groups in total. The van der Waals surface area contributed by atoms with E-state index in [0.29, 0.717) is 13.1 Å². The van der Waals surface area contributed by atoms with E-state index in [-0.39, 0.29) is 11.7 Å². The molecule has 1 aromatic heterocycles. The number of rotatable bonds is 0. The Morgan fingerprint density at radius 3 is 2.73 bits per heavy atom. The third-order valence-electron chi connectivity index (χ3n) is 4.36. The Morgan fingerprint density at radius 1 is 1.32 bits per heavy atom. The number of ether oxygens (including phenoxy) is 2. The molecular weight excluding hydrogens is 280 g/mol. The molecule has 22 heavy (non-hydrogen) atoms. The van der Waals surface area contributed by atoms with Crippen LogP contribution in [0.5, 0.6) is 5.75 Å². The van der Waals surface area contributed by atoms with Gasteiger partial charge in [0, 0.05) is 43.9 Å². The van der Waals surface area contributed by atoms with E-state index in [4.69, 9.17) is 9.47 Å². The van der Waals surface area contributed by atoms with Crippen molar-refractivity contribution in [1.82, 2.24) is 9.88 Å². The molecule has 0 radical (unpaired) electrons. The second-order valence-corrected chi connectivity index (χ2v) is 7.24. The van der Waals surface area contributed by atoms with Gasteiger partial charge in [-0.05, 0) is 39.7 Å². The quantitative estimate of drug-likeness (QED) is 0.738. The van der Waals surface area contributed by atoms with Gasteiger partial charge in [0.2, 0.25) is 0 Å². The molecule has 5 nitrogen and oxygen atoms in total. The predicted octanol–water partition coefficient (Wildman–Crippen LogP) is 3.18. The molecule has 0 aliphatic carbocycles. The summed E-state index contributed by atoms with van der Waals surface area (Å²) in [5.41, 5.74) is 0.606. The summed E-state index contributed by atoms with van der Waals surface area (Å²) < 4.78 is 11.7. The minimum absolute atomic E-state index is 0.132. The van der Waals surface area contributed by atoms with Crippen LogP contribution < -0.4 is 4.74 Å². The Bertz CT molecular complexity index is 557. The van der Waals surface area contributed by atoms with Crippen molar-refractivity contribution in [1.29, 1.82) is 0 Å². The molecule has 0 aromatic carbocycles. The van der Waals surface area contributed by atoms with E-state index >= 15 is 0 Å². The Hall–Kier alpha value is -1.78. The van der Waals surface area contributed by atoms with Crippen LogP contribution in [0.25, 0.3) is 0 Å². The lowest BCUT2D eigenvalue weighted by Gasteiger charge is -2.44. The molecule has 1 aromatic rings. The lowest BCUT2D eigenvalue weighted by atomic mass is 9.83. The highest BCUT2D eigenvalue weighted by Crippen LogP contribution is 2.39.